The third-order valence-corrected chi connectivity index (χ3v) is 1.73. The molecule has 3 nitrogen and oxygen atoms in total. The van der Waals surface area contributed by atoms with E-state index >= 15 is 0 Å². The van der Waals surface area contributed by atoms with Crippen LogP contribution in [0.4, 0.5) is 5.69 Å². The van der Waals surface area contributed by atoms with Crippen molar-refractivity contribution < 1.29 is 4.79 Å². The van der Waals surface area contributed by atoms with E-state index in [2.05, 4.69) is 5.32 Å². The number of carbonyl (C=O) groups excluding carboxylic acids is 1. The van der Waals surface area contributed by atoms with Gasteiger partial charge in [0.25, 0.3) is 0 Å². The minimum Gasteiger partial charge on any atom is -0.326 e. The van der Waals surface area contributed by atoms with E-state index in [0.717, 1.165) is 11.3 Å². The number of rotatable bonds is 2. The van der Waals surface area contributed by atoms with Crippen molar-refractivity contribution in [2.24, 2.45) is 5.73 Å². The smallest absolute Gasteiger partial charge is 0.221 e. The van der Waals surface area contributed by atoms with Gasteiger partial charge in [-0.25, -0.2) is 0 Å². The zero-order chi connectivity index (χ0) is 9.84. The summed E-state index contributed by atoms with van der Waals surface area (Å²) in [6.45, 7) is 3.39. The van der Waals surface area contributed by atoms with Crippen LogP contribution in [-0.2, 0) is 4.79 Å². The average molecular weight is 215 g/mol. The highest BCUT2D eigenvalue weighted by atomic mass is 35.5. The van der Waals surface area contributed by atoms with Crippen molar-refractivity contribution in [1.82, 2.24) is 0 Å². The molecule has 1 aromatic rings. The molecule has 4 heteroatoms. The van der Waals surface area contributed by atoms with Gasteiger partial charge < -0.3 is 11.1 Å². The molecule has 0 aliphatic carbocycles. The maximum atomic E-state index is 10.8. The van der Waals surface area contributed by atoms with Crippen molar-refractivity contribution in [3.8, 4) is 0 Å². The molecular weight excluding hydrogens is 200 g/mol. The summed E-state index contributed by atoms with van der Waals surface area (Å²) in [4.78, 5) is 10.8. The highest BCUT2D eigenvalue weighted by molar-refractivity contribution is 5.88. The van der Waals surface area contributed by atoms with E-state index in [1.165, 1.54) is 6.92 Å². The summed E-state index contributed by atoms with van der Waals surface area (Å²) in [6, 6.07) is 7.54. The summed E-state index contributed by atoms with van der Waals surface area (Å²) in [5.74, 6) is -0.0678. The van der Waals surface area contributed by atoms with E-state index in [1.807, 2.05) is 31.2 Å². The summed E-state index contributed by atoms with van der Waals surface area (Å²) in [5.41, 5.74) is 7.51. The molecule has 0 bridgehead atoms. The van der Waals surface area contributed by atoms with Crippen LogP contribution in [0.1, 0.15) is 25.5 Å². The summed E-state index contributed by atoms with van der Waals surface area (Å²) in [7, 11) is 0. The van der Waals surface area contributed by atoms with Gasteiger partial charge in [0.05, 0.1) is 0 Å². The normalized spacial score (nSPS) is 11.4. The third kappa shape index (κ3) is 3.77. The lowest BCUT2D eigenvalue weighted by atomic mass is 10.1. The molecule has 1 rings (SSSR count). The van der Waals surface area contributed by atoms with Gasteiger partial charge in [0.1, 0.15) is 0 Å². The predicted molar refractivity (Wildman–Crippen MR) is 60.6 cm³/mol. The van der Waals surface area contributed by atoms with E-state index in [0.29, 0.717) is 0 Å². The summed E-state index contributed by atoms with van der Waals surface area (Å²) < 4.78 is 0. The first-order chi connectivity index (χ1) is 6.09. The molecule has 0 aromatic heterocycles. The molecule has 78 valence electrons. The van der Waals surface area contributed by atoms with E-state index in [1.54, 1.807) is 0 Å². The third-order valence-electron chi connectivity index (χ3n) is 1.73. The molecular formula is C10H15ClN2O. The number of halogens is 1. The SMILES string of the molecule is CC(=O)Nc1cccc(C(C)N)c1.Cl. The van der Waals surface area contributed by atoms with Crippen molar-refractivity contribution in [2.45, 2.75) is 19.9 Å². The maximum Gasteiger partial charge on any atom is 0.221 e. The quantitative estimate of drug-likeness (QED) is 0.792. The van der Waals surface area contributed by atoms with Crippen molar-refractivity contribution in [3.63, 3.8) is 0 Å². The maximum absolute atomic E-state index is 10.8. The van der Waals surface area contributed by atoms with Crippen LogP contribution in [0, 0.1) is 0 Å². The Morgan fingerprint density at radius 2 is 2.14 bits per heavy atom. The highest BCUT2D eigenvalue weighted by Crippen LogP contribution is 2.15. The lowest BCUT2D eigenvalue weighted by Gasteiger charge is -2.07. The number of anilines is 1. The molecule has 0 aliphatic rings. The fraction of sp³-hybridized carbons (Fsp3) is 0.300. The Morgan fingerprint density at radius 3 is 2.64 bits per heavy atom. The van der Waals surface area contributed by atoms with Gasteiger partial charge in [0.15, 0.2) is 0 Å². The standard InChI is InChI=1S/C10H14N2O.ClH/c1-7(11)9-4-3-5-10(6-9)12-8(2)13;/h3-7H,11H2,1-2H3,(H,12,13);1H. The van der Waals surface area contributed by atoms with Crippen LogP contribution in [0.15, 0.2) is 24.3 Å². The first-order valence-electron chi connectivity index (χ1n) is 4.22. The first-order valence-corrected chi connectivity index (χ1v) is 4.22. The van der Waals surface area contributed by atoms with Crippen LogP contribution >= 0.6 is 12.4 Å². The number of amides is 1. The molecule has 1 unspecified atom stereocenters. The van der Waals surface area contributed by atoms with Crippen molar-refractivity contribution in [2.75, 3.05) is 5.32 Å². The van der Waals surface area contributed by atoms with E-state index in [4.69, 9.17) is 5.73 Å². The number of nitrogens with two attached hydrogens (primary N) is 1. The van der Waals surface area contributed by atoms with Gasteiger partial charge >= 0.3 is 0 Å². The summed E-state index contributed by atoms with van der Waals surface area (Å²) >= 11 is 0. The minimum atomic E-state index is -0.0678. The van der Waals surface area contributed by atoms with Gasteiger partial charge in [-0.1, -0.05) is 12.1 Å². The second kappa shape index (κ2) is 5.62. The first kappa shape index (κ1) is 12.9. The van der Waals surface area contributed by atoms with Crippen molar-refractivity contribution >= 4 is 24.0 Å². The zero-order valence-electron chi connectivity index (χ0n) is 8.28. The van der Waals surface area contributed by atoms with Crippen LogP contribution < -0.4 is 11.1 Å². The topological polar surface area (TPSA) is 55.1 Å². The molecule has 3 N–H and O–H groups in total. The predicted octanol–water partition coefficient (Wildman–Crippen LogP) is 2.09. The molecule has 0 heterocycles. The van der Waals surface area contributed by atoms with E-state index < -0.39 is 0 Å². The summed E-state index contributed by atoms with van der Waals surface area (Å²) in [6.07, 6.45) is 0. The Morgan fingerprint density at radius 1 is 1.50 bits per heavy atom. The van der Waals surface area contributed by atoms with Crippen LogP contribution in [-0.4, -0.2) is 5.91 Å². The second-order valence-electron chi connectivity index (χ2n) is 3.10. The van der Waals surface area contributed by atoms with Gasteiger partial charge in [0.2, 0.25) is 5.91 Å². The van der Waals surface area contributed by atoms with Crippen molar-refractivity contribution in [1.29, 1.82) is 0 Å². The molecule has 1 amide bonds. The van der Waals surface area contributed by atoms with Crippen LogP contribution in [0.25, 0.3) is 0 Å². The Hall–Kier alpha value is -1.06. The molecule has 0 aliphatic heterocycles. The molecule has 0 saturated heterocycles. The lowest BCUT2D eigenvalue weighted by Crippen LogP contribution is -2.08. The van der Waals surface area contributed by atoms with Gasteiger partial charge in [-0.2, -0.15) is 0 Å². The van der Waals surface area contributed by atoms with Crippen LogP contribution in [0.2, 0.25) is 0 Å². The average Bonchev–Trinajstić information content (AvgIpc) is 2.03. The number of carbonyl (C=O) groups is 1. The Labute approximate surface area is 90.1 Å². The van der Waals surface area contributed by atoms with Gasteiger partial charge in [-0.15, -0.1) is 12.4 Å². The molecule has 0 spiro atoms. The fourth-order valence-corrected chi connectivity index (χ4v) is 1.10. The van der Waals surface area contributed by atoms with Gasteiger partial charge in [0, 0.05) is 18.7 Å². The molecule has 1 aromatic carbocycles. The largest absolute Gasteiger partial charge is 0.326 e. The summed E-state index contributed by atoms with van der Waals surface area (Å²) in [5, 5.41) is 2.71. The number of hydrogen-bond donors (Lipinski definition) is 2. The molecule has 0 fully saturated rings. The molecule has 0 saturated carbocycles. The van der Waals surface area contributed by atoms with Crippen LogP contribution in [0.3, 0.4) is 0 Å². The van der Waals surface area contributed by atoms with Crippen LogP contribution in [0.5, 0.6) is 0 Å². The fourth-order valence-electron chi connectivity index (χ4n) is 1.10. The molecule has 14 heavy (non-hydrogen) atoms. The second-order valence-corrected chi connectivity index (χ2v) is 3.10. The Balaban J connectivity index is 0.00000169. The Bertz CT molecular complexity index is 313. The lowest BCUT2D eigenvalue weighted by molar-refractivity contribution is -0.114. The molecule has 0 radical (unpaired) electrons. The van der Waals surface area contributed by atoms with E-state index in [-0.39, 0.29) is 24.4 Å². The highest BCUT2D eigenvalue weighted by Gasteiger charge is 2.00. The van der Waals surface area contributed by atoms with Gasteiger partial charge in [-0.3, -0.25) is 4.79 Å². The Kier molecular flexibility index (Phi) is 5.20. The van der Waals surface area contributed by atoms with E-state index in [9.17, 15) is 4.79 Å². The monoisotopic (exact) mass is 214 g/mol. The number of nitrogens with one attached hydrogen (secondary N) is 1. The van der Waals surface area contributed by atoms with Gasteiger partial charge in [-0.05, 0) is 24.6 Å². The number of hydrogen-bond acceptors (Lipinski definition) is 2. The molecule has 1 atom stereocenters. The minimum absolute atomic E-state index is 0. The number of benzene rings is 1. The zero-order valence-corrected chi connectivity index (χ0v) is 9.10. The van der Waals surface area contributed by atoms with Crippen molar-refractivity contribution in [3.05, 3.63) is 29.8 Å².